The van der Waals surface area contributed by atoms with Crippen molar-refractivity contribution < 1.29 is 38.0 Å². The van der Waals surface area contributed by atoms with E-state index in [2.05, 4.69) is 27.4 Å². The fraction of sp³-hybridized carbons (Fsp3) is 0. The molecule has 0 atom stereocenters. The van der Waals surface area contributed by atoms with Gasteiger partial charge in [-0.15, -0.1) is 0 Å². The first-order valence-electron chi connectivity index (χ1n) is 4.38. The molecule has 20 heavy (non-hydrogen) atoms. The molecule has 12 N–H and O–H groups in total. The highest BCUT2D eigenvalue weighted by molar-refractivity contribution is 6.46. The fourth-order valence-corrected chi connectivity index (χ4v) is 0.358. The molecule has 0 radical (unpaired) electrons. The predicted molar refractivity (Wildman–Crippen MR) is 66.3 cm³/mol. The van der Waals surface area contributed by atoms with Gasteiger partial charge in [0.1, 0.15) is 0 Å². The SMILES string of the molecule is NC(N)=O.NC(N)=O.O=Cc1ccco1.O[Si](O)(O)O. The minimum atomic E-state index is -4.61. The molecule has 0 aromatic carbocycles. The van der Waals surface area contributed by atoms with E-state index in [0.29, 0.717) is 12.0 Å². The topological polar surface area (TPSA) is 249 Å². The zero-order valence-electron chi connectivity index (χ0n) is 10.0. The minimum absolute atomic E-state index is 0.375. The third kappa shape index (κ3) is 76.8. The normalized spacial score (nSPS) is 8.40. The Kier molecular flexibility index (Phi) is 14.7. The zero-order chi connectivity index (χ0) is 16.8. The smallest absolute Gasteiger partial charge is 0.462 e. The van der Waals surface area contributed by atoms with Crippen LogP contribution in [-0.4, -0.2) is 46.6 Å². The van der Waals surface area contributed by atoms with Crippen molar-refractivity contribution >= 4 is 27.4 Å². The van der Waals surface area contributed by atoms with E-state index in [1.54, 1.807) is 12.1 Å². The average molecular weight is 312 g/mol. The molecule has 4 amide bonds. The van der Waals surface area contributed by atoms with Gasteiger partial charge < -0.3 is 46.5 Å². The second-order valence-corrected chi connectivity index (χ2v) is 3.74. The molecule has 1 aromatic heterocycles. The number of furan rings is 1. The van der Waals surface area contributed by atoms with E-state index >= 15 is 0 Å². The summed E-state index contributed by atoms with van der Waals surface area (Å²) in [6, 6.07) is 1.61. The predicted octanol–water partition coefficient (Wildman–Crippen LogP) is -3.47. The number of rotatable bonds is 1. The first-order chi connectivity index (χ1) is 8.90. The summed E-state index contributed by atoms with van der Waals surface area (Å²) >= 11 is 0. The number of hydrogen-bond donors (Lipinski definition) is 8. The maximum atomic E-state index is 9.77. The number of hydrogen-bond acceptors (Lipinski definition) is 8. The summed E-state index contributed by atoms with van der Waals surface area (Å²) in [5.41, 5.74) is 17.0. The van der Waals surface area contributed by atoms with E-state index in [4.69, 9.17) is 28.8 Å². The Labute approximate surface area is 113 Å². The maximum absolute atomic E-state index is 9.77. The molecule has 0 fully saturated rings. The molecule has 0 bridgehead atoms. The summed E-state index contributed by atoms with van der Waals surface area (Å²) in [6.45, 7) is 0. The number of carbonyl (C=O) groups is 3. The van der Waals surface area contributed by atoms with E-state index in [1.807, 2.05) is 0 Å². The van der Waals surface area contributed by atoms with Crippen LogP contribution in [-0.2, 0) is 0 Å². The van der Waals surface area contributed by atoms with Crippen molar-refractivity contribution in [3.05, 3.63) is 24.2 Å². The van der Waals surface area contributed by atoms with E-state index < -0.39 is 21.1 Å². The molecule has 0 saturated carbocycles. The van der Waals surface area contributed by atoms with Gasteiger partial charge in [-0.3, -0.25) is 4.79 Å². The van der Waals surface area contributed by atoms with Crippen LogP contribution in [0.2, 0.25) is 0 Å². The molecule has 1 rings (SSSR count). The summed E-state index contributed by atoms with van der Waals surface area (Å²) in [7, 11) is -4.61. The highest BCUT2D eigenvalue weighted by Crippen LogP contribution is 1.92. The lowest BCUT2D eigenvalue weighted by Crippen LogP contribution is -2.33. The van der Waals surface area contributed by atoms with Gasteiger partial charge in [-0.2, -0.15) is 0 Å². The van der Waals surface area contributed by atoms with E-state index in [-0.39, 0.29) is 0 Å². The molecule has 0 aliphatic rings. The van der Waals surface area contributed by atoms with Crippen molar-refractivity contribution in [3.8, 4) is 0 Å². The molecular formula is C7H16N4O8Si. The van der Waals surface area contributed by atoms with Gasteiger partial charge in [0.2, 0.25) is 0 Å². The molecule has 13 heteroatoms. The van der Waals surface area contributed by atoms with Crippen LogP contribution in [0.4, 0.5) is 9.59 Å². The number of carbonyl (C=O) groups excluding carboxylic acids is 3. The van der Waals surface area contributed by atoms with Crippen LogP contribution in [0.25, 0.3) is 0 Å². The molecule has 0 spiro atoms. The fourth-order valence-electron chi connectivity index (χ4n) is 0.358. The van der Waals surface area contributed by atoms with Crippen LogP contribution >= 0.6 is 0 Å². The second kappa shape index (κ2) is 13.0. The summed E-state index contributed by atoms with van der Waals surface area (Å²) in [5, 5.41) is 0. The summed E-state index contributed by atoms with van der Waals surface area (Å²) in [5.74, 6) is 0.375. The molecule has 0 unspecified atom stereocenters. The Morgan fingerprint density at radius 2 is 1.35 bits per heavy atom. The molecular weight excluding hydrogens is 296 g/mol. The van der Waals surface area contributed by atoms with Gasteiger partial charge in [0.05, 0.1) is 6.26 Å². The summed E-state index contributed by atoms with van der Waals surface area (Å²) in [4.78, 5) is 57.1. The van der Waals surface area contributed by atoms with Gasteiger partial charge in [-0.1, -0.05) is 0 Å². The minimum Gasteiger partial charge on any atom is -0.462 e. The molecule has 1 heterocycles. The number of aldehydes is 1. The lowest BCUT2D eigenvalue weighted by atomic mass is 10.5. The standard InChI is InChI=1S/C5H4O2.2CH4N2O.H4O4Si/c6-4-5-2-1-3-7-5;2*2-1(3)4;1-5(2,3)4/h1-4H;2*(H4,2,3,4);1-4H. The molecule has 1 aromatic rings. The largest absolute Gasteiger partial charge is 0.668 e. The number of urea groups is 2. The zero-order valence-corrected chi connectivity index (χ0v) is 11.0. The quantitative estimate of drug-likeness (QED) is 0.190. The van der Waals surface area contributed by atoms with Crippen molar-refractivity contribution in [1.82, 2.24) is 0 Å². The Bertz CT molecular complexity index is 351. The van der Waals surface area contributed by atoms with E-state index in [0.717, 1.165) is 0 Å². The first kappa shape index (κ1) is 22.7. The number of primary amides is 4. The molecule has 12 nitrogen and oxygen atoms in total. The van der Waals surface area contributed by atoms with Crippen molar-refractivity contribution in [2.75, 3.05) is 0 Å². The highest BCUT2D eigenvalue weighted by Gasteiger charge is 2.22. The monoisotopic (exact) mass is 312 g/mol. The van der Waals surface area contributed by atoms with E-state index in [1.165, 1.54) is 6.26 Å². The summed E-state index contributed by atoms with van der Waals surface area (Å²) in [6.07, 6.45) is 2.13. The molecule has 0 aliphatic heterocycles. The van der Waals surface area contributed by atoms with Gasteiger partial charge in [0.15, 0.2) is 12.0 Å². The van der Waals surface area contributed by atoms with Gasteiger partial charge in [-0.25, -0.2) is 9.59 Å². The Morgan fingerprint density at radius 3 is 1.45 bits per heavy atom. The lowest BCUT2D eigenvalue weighted by molar-refractivity contribution is 0.109. The number of nitrogens with two attached hydrogens (primary N) is 4. The van der Waals surface area contributed by atoms with E-state index in [9.17, 15) is 4.79 Å². The Hall–Kier alpha value is -2.45. The molecule has 116 valence electrons. The van der Waals surface area contributed by atoms with Crippen molar-refractivity contribution in [2.45, 2.75) is 0 Å². The first-order valence-corrected chi connectivity index (χ1v) is 6.17. The third-order valence-electron chi connectivity index (χ3n) is 0.659. The van der Waals surface area contributed by atoms with Gasteiger partial charge in [-0.05, 0) is 12.1 Å². The Morgan fingerprint density at radius 1 is 1.05 bits per heavy atom. The van der Waals surface area contributed by atoms with Crippen molar-refractivity contribution in [2.24, 2.45) is 22.9 Å². The van der Waals surface area contributed by atoms with Crippen LogP contribution in [0.1, 0.15) is 10.6 Å². The van der Waals surface area contributed by atoms with Gasteiger partial charge in [0, 0.05) is 0 Å². The summed E-state index contributed by atoms with van der Waals surface area (Å²) < 4.78 is 4.61. The van der Waals surface area contributed by atoms with Crippen LogP contribution in [0, 0.1) is 0 Å². The van der Waals surface area contributed by atoms with Crippen LogP contribution in [0.15, 0.2) is 22.8 Å². The Balaban J connectivity index is -0.000000201. The van der Waals surface area contributed by atoms with Crippen LogP contribution < -0.4 is 22.9 Å². The molecule has 0 aliphatic carbocycles. The average Bonchev–Trinajstić information content (AvgIpc) is 2.64. The highest BCUT2D eigenvalue weighted by atomic mass is 28.4. The van der Waals surface area contributed by atoms with Crippen molar-refractivity contribution in [3.63, 3.8) is 0 Å². The van der Waals surface area contributed by atoms with Gasteiger partial charge in [0.25, 0.3) is 0 Å². The van der Waals surface area contributed by atoms with Crippen molar-refractivity contribution in [1.29, 1.82) is 0 Å². The number of amides is 4. The lowest BCUT2D eigenvalue weighted by Gasteiger charge is -1.91. The second-order valence-electron chi connectivity index (χ2n) is 2.54. The third-order valence-corrected chi connectivity index (χ3v) is 0.659. The molecule has 0 saturated heterocycles. The maximum Gasteiger partial charge on any atom is 0.668 e. The van der Waals surface area contributed by atoms with Crippen LogP contribution in [0.3, 0.4) is 0 Å². The van der Waals surface area contributed by atoms with Gasteiger partial charge >= 0.3 is 21.1 Å². The van der Waals surface area contributed by atoms with Crippen LogP contribution in [0.5, 0.6) is 0 Å².